The van der Waals surface area contributed by atoms with Gasteiger partial charge in [0.2, 0.25) is 0 Å². The topological polar surface area (TPSA) is 67.2 Å². The van der Waals surface area contributed by atoms with Crippen molar-refractivity contribution in [2.24, 2.45) is 0 Å². The first-order valence-corrected chi connectivity index (χ1v) is 5.97. The summed E-state index contributed by atoms with van der Waals surface area (Å²) >= 11 is 5.59. The highest BCUT2D eigenvalue weighted by atomic mass is 35.5. The molecule has 1 unspecified atom stereocenters. The molecule has 0 aliphatic carbocycles. The van der Waals surface area contributed by atoms with Crippen LogP contribution in [0.2, 0.25) is 0 Å². The van der Waals surface area contributed by atoms with E-state index >= 15 is 0 Å². The van der Waals surface area contributed by atoms with Crippen LogP contribution in [0, 0.1) is 0 Å². The van der Waals surface area contributed by atoms with E-state index in [1.807, 2.05) is 27.7 Å². The summed E-state index contributed by atoms with van der Waals surface area (Å²) in [5, 5.41) is 9.02. The second kappa shape index (κ2) is 5.40. The summed E-state index contributed by atoms with van der Waals surface area (Å²) in [7, 11) is 0. The number of hydrogen-bond acceptors (Lipinski definition) is 3. The summed E-state index contributed by atoms with van der Waals surface area (Å²) in [6.45, 7) is 7.84. The van der Waals surface area contributed by atoms with Gasteiger partial charge in [0.25, 0.3) is 0 Å². The van der Waals surface area contributed by atoms with E-state index in [0.717, 1.165) is 5.76 Å². The Kier molecular flexibility index (Phi) is 4.40. The van der Waals surface area contributed by atoms with Gasteiger partial charge in [0.15, 0.2) is 5.82 Å². The van der Waals surface area contributed by atoms with E-state index in [1.165, 1.54) is 0 Å². The number of rotatable bonds is 3. The zero-order valence-electron chi connectivity index (χ0n) is 10.5. The van der Waals surface area contributed by atoms with E-state index < -0.39 is 0 Å². The number of alkyl halides is 1. The molecule has 1 atom stereocenters. The molecule has 0 bridgehead atoms. The largest absolute Gasteiger partial charge is 0.359 e. The van der Waals surface area contributed by atoms with Gasteiger partial charge in [-0.15, -0.1) is 11.6 Å². The van der Waals surface area contributed by atoms with Gasteiger partial charge in [0, 0.05) is 23.4 Å². The van der Waals surface area contributed by atoms with Crippen molar-refractivity contribution in [3.05, 3.63) is 11.8 Å². The Hall–Kier alpha value is -1.23. The fourth-order valence-corrected chi connectivity index (χ4v) is 1.18. The van der Waals surface area contributed by atoms with Crippen LogP contribution in [0.3, 0.4) is 0 Å². The Labute approximate surface area is 106 Å². The van der Waals surface area contributed by atoms with Crippen LogP contribution in [0.25, 0.3) is 0 Å². The third kappa shape index (κ3) is 4.26. The van der Waals surface area contributed by atoms with E-state index in [2.05, 4.69) is 15.8 Å². The molecular formula is C11H18ClN3O2. The minimum atomic E-state index is -0.341. The lowest BCUT2D eigenvalue weighted by Crippen LogP contribution is -2.37. The van der Waals surface area contributed by atoms with Gasteiger partial charge >= 0.3 is 6.03 Å². The number of halogens is 1. The van der Waals surface area contributed by atoms with Gasteiger partial charge in [-0.1, -0.05) is 25.9 Å². The van der Waals surface area contributed by atoms with Crippen LogP contribution < -0.4 is 10.6 Å². The van der Waals surface area contributed by atoms with Crippen molar-refractivity contribution in [3.63, 3.8) is 0 Å². The van der Waals surface area contributed by atoms with Crippen molar-refractivity contribution >= 4 is 23.4 Å². The lowest BCUT2D eigenvalue weighted by molar-refractivity contribution is 0.249. The molecule has 0 aliphatic rings. The Morgan fingerprint density at radius 2 is 2.24 bits per heavy atom. The number of carbonyl (C=O) groups excluding carboxylic acids is 1. The van der Waals surface area contributed by atoms with E-state index in [1.54, 1.807) is 6.07 Å². The van der Waals surface area contributed by atoms with Crippen LogP contribution in [0.4, 0.5) is 10.6 Å². The van der Waals surface area contributed by atoms with Crippen molar-refractivity contribution in [1.82, 2.24) is 10.5 Å². The number of nitrogens with zero attached hydrogens (tertiary/aromatic N) is 1. The lowest BCUT2D eigenvalue weighted by atomic mass is 9.93. The van der Waals surface area contributed by atoms with Crippen molar-refractivity contribution in [2.45, 2.75) is 39.2 Å². The molecule has 96 valence electrons. The van der Waals surface area contributed by atoms with Gasteiger partial charge in [-0.25, -0.2) is 4.79 Å². The predicted octanol–water partition coefficient (Wildman–Crippen LogP) is 2.72. The lowest BCUT2D eigenvalue weighted by Gasteiger charge is -2.12. The maximum absolute atomic E-state index is 11.5. The van der Waals surface area contributed by atoms with Gasteiger partial charge in [-0.2, -0.15) is 0 Å². The smallest absolute Gasteiger partial charge is 0.320 e. The van der Waals surface area contributed by atoms with Gasteiger partial charge in [0.1, 0.15) is 5.76 Å². The monoisotopic (exact) mass is 259 g/mol. The van der Waals surface area contributed by atoms with E-state index in [0.29, 0.717) is 11.7 Å². The SMILES string of the molecule is CC(CCl)NC(=O)Nc1cc(C(C)(C)C)on1. The summed E-state index contributed by atoms with van der Waals surface area (Å²) in [6, 6.07) is 1.28. The number of urea groups is 1. The molecule has 1 rings (SSSR count). The molecule has 1 aromatic rings. The standard InChI is InChI=1S/C11H18ClN3O2/c1-7(6-12)13-10(16)14-9-5-8(17-15-9)11(2,3)4/h5,7H,6H2,1-4H3,(H2,13,14,15,16). The third-order valence-electron chi connectivity index (χ3n) is 2.10. The quantitative estimate of drug-likeness (QED) is 0.820. The van der Waals surface area contributed by atoms with Crippen LogP contribution in [0.1, 0.15) is 33.5 Å². The second-order valence-corrected chi connectivity index (χ2v) is 5.29. The van der Waals surface area contributed by atoms with Crippen LogP contribution >= 0.6 is 11.6 Å². The Balaban J connectivity index is 2.58. The molecule has 0 saturated heterocycles. The van der Waals surface area contributed by atoms with Crippen LogP contribution in [0.15, 0.2) is 10.6 Å². The molecule has 0 fully saturated rings. The van der Waals surface area contributed by atoms with E-state index in [9.17, 15) is 4.79 Å². The summed E-state index contributed by atoms with van der Waals surface area (Å²) in [6.07, 6.45) is 0. The molecule has 1 heterocycles. The Morgan fingerprint density at radius 1 is 1.59 bits per heavy atom. The van der Waals surface area contributed by atoms with Crippen molar-refractivity contribution in [2.75, 3.05) is 11.2 Å². The van der Waals surface area contributed by atoms with Gasteiger partial charge < -0.3 is 9.84 Å². The zero-order valence-corrected chi connectivity index (χ0v) is 11.3. The summed E-state index contributed by atoms with van der Waals surface area (Å²) in [5.74, 6) is 1.48. The highest BCUT2D eigenvalue weighted by Gasteiger charge is 2.20. The first-order chi connectivity index (χ1) is 7.82. The molecular weight excluding hydrogens is 242 g/mol. The average Bonchev–Trinajstić information content (AvgIpc) is 2.65. The number of amides is 2. The molecule has 0 saturated carbocycles. The van der Waals surface area contributed by atoms with Crippen LogP contribution in [0.5, 0.6) is 0 Å². The van der Waals surface area contributed by atoms with E-state index in [4.69, 9.17) is 16.1 Å². The number of carbonyl (C=O) groups is 1. The molecule has 0 radical (unpaired) electrons. The maximum atomic E-state index is 11.5. The summed E-state index contributed by atoms with van der Waals surface area (Å²) < 4.78 is 5.14. The minimum absolute atomic E-state index is 0.0920. The molecule has 0 spiro atoms. The van der Waals surface area contributed by atoms with Crippen molar-refractivity contribution < 1.29 is 9.32 Å². The number of hydrogen-bond donors (Lipinski definition) is 2. The highest BCUT2D eigenvalue weighted by molar-refractivity contribution is 6.18. The predicted molar refractivity (Wildman–Crippen MR) is 67.5 cm³/mol. The molecule has 1 aromatic heterocycles. The van der Waals surface area contributed by atoms with Crippen molar-refractivity contribution in [3.8, 4) is 0 Å². The molecule has 2 amide bonds. The first kappa shape index (κ1) is 13.8. The fraction of sp³-hybridized carbons (Fsp3) is 0.636. The molecule has 5 nitrogen and oxygen atoms in total. The van der Waals surface area contributed by atoms with Crippen LogP contribution in [-0.2, 0) is 5.41 Å². The zero-order chi connectivity index (χ0) is 13.1. The minimum Gasteiger partial charge on any atom is -0.359 e. The van der Waals surface area contributed by atoms with Gasteiger partial charge in [-0.3, -0.25) is 5.32 Å². The third-order valence-corrected chi connectivity index (χ3v) is 2.56. The first-order valence-electron chi connectivity index (χ1n) is 5.43. The van der Waals surface area contributed by atoms with Gasteiger partial charge in [-0.05, 0) is 6.92 Å². The summed E-state index contributed by atoms with van der Waals surface area (Å²) in [5.41, 5.74) is -0.132. The van der Waals surface area contributed by atoms with Gasteiger partial charge in [0.05, 0.1) is 0 Å². The van der Waals surface area contributed by atoms with Crippen molar-refractivity contribution in [1.29, 1.82) is 0 Å². The Morgan fingerprint density at radius 3 is 2.71 bits per heavy atom. The molecule has 2 N–H and O–H groups in total. The molecule has 17 heavy (non-hydrogen) atoms. The maximum Gasteiger partial charge on any atom is 0.320 e. The number of nitrogens with one attached hydrogen (secondary N) is 2. The molecule has 6 heteroatoms. The summed E-state index contributed by atoms with van der Waals surface area (Å²) in [4.78, 5) is 11.5. The molecule has 0 aromatic carbocycles. The average molecular weight is 260 g/mol. The second-order valence-electron chi connectivity index (χ2n) is 4.98. The number of anilines is 1. The van der Waals surface area contributed by atoms with E-state index in [-0.39, 0.29) is 17.5 Å². The number of aromatic nitrogens is 1. The molecule has 0 aliphatic heterocycles. The van der Waals surface area contributed by atoms with Crippen LogP contribution in [-0.4, -0.2) is 23.1 Å². The highest BCUT2D eigenvalue weighted by Crippen LogP contribution is 2.24. The Bertz CT molecular complexity index is 384. The fourth-order valence-electron chi connectivity index (χ4n) is 1.10. The normalized spacial score (nSPS) is 13.2.